The summed E-state index contributed by atoms with van der Waals surface area (Å²) in [7, 11) is 0. The Morgan fingerprint density at radius 1 is 1.14 bits per heavy atom. The maximum Gasteiger partial charge on any atom is 0.319 e. The van der Waals surface area contributed by atoms with E-state index in [0.717, 1.165) is 45.3 Å². The van der Waals surface area contributed by atoms with E-state index in [2.05, 4.69) is 31.9 Å². The van der Waals surface area contributed by atoms with E-state index in [-0.39, 0.29) is 40.2 Å². The number of nitrogens with zero attached hydrogens (tertiary/aromatic N) is 6. The van der Waals surface area contributed by atoms with Gasteiger partial charge in [-0.25, -0.2) is 8.78 Å². The van der Waals surface area contributed by atoms with Crippen LogP contribution in [0, 0.1) is 5.82 Å². The Bertz CT molecular complexity index is 1810. The van der Waals surface area contributed by atoms with Crippen LogP contribution in [0.2, 0.25) is 5.02 Å². The van der Waals surface area contributed by atoms with Crippen molar-refractivity contribution in [3.8, 4) is 23.0 Å². The molecule has 2 N–H and O–H groups in total. The van der Waals surface area contributed by atoms with E-state index < -0.39 is 12.0 Å². The number of benzene rings is 2. The molecule has 4 fully saturated rings. The molecule has 12 heteroatoms. The molecule has 44 heavy (non-hydrogen) atoms. The number of phenols is 1. The van der Waals surface area contributed by atoms with Crippen molar-refractivity contribution < 1.29 is 18.6 Å². The molecule has 6 heterocycles. The van der Waals surface area contributed by atoms with Gasteiger partial charge in [0, 0.05) is 54.7 Å². The van der Waals surface area contributed by atoms with Gasteiger partial charge in [-0.05, 0) is 55.8 Å². The average Bonchev–Trinajstić information content (AvgIpc) is 3.66. The topological polar surface area (TPSA) is 99.5 Å². The highest BCUT2D eigenvalue weighted by atomic mass is 35.5. The second kappa shape index (κ2) is 10.5. The molecule has 4 saturated heterocycles. The van der Waals surface area contributed by atoms with E-state index in [0.29, 0.717) is 58.2 Å². The number of aromatic nitrogens is 4. The molecule has 2 unspecified atom stereocenters. The molecule has 8 rings (SSSR count). The van der Waals surface area contributed by atoms with Gasteiger partial charge in [-0.2, -0.15) is 9.97 Å². The van der Waals surface area contributed by atoms with Crippen LogP contribution >= 0.6 is 11.6 Å². The number of fused-ring (bicyclic) bond motifs is 5. The third kappa shape index (κ3) is 4.47. The molecule has 0 saturated carbocycles. The van der Waals surface area contributed by atoms with Gasteiger partial charge in [-0.15, -0.1) is 10.2 Å². The van der Waals surface area contributed by atoms with Crippen LogP contribution in [0.15, 0.2) is 30.8 Å². The summed E-state index contributed by atoms with van der Waals surface area (Å²) in [4.78, 5) is 14.0. The lowest BCUT2D eigenvalue weighted by atomic mass is 9.95. The van der Waals surface area contributed by atoms with Gasteiger partial charge < -0.3 is 20.1 Å². The van der Waals surface area contributed by atoms with Crippen LogP contribution in [0.5, 0.6) is 11.8 Å². The minimum atomic E-state index is -0.877. The zero-order valence-corrected chi connectivity index (χ0v) is 24.8. The fraction of sp³-hybridized carbons (Fsp3) is 0.438. The summed E-state index contributed by atoms with van der Waals surface area (Å²) in [6, 6.07) is 6.78. The van der Waals surface area contributed by atoms with E-state index in [4.69, 9.17) is 26.3 Å². The molecular formula is C32H32ClF2N7O2. The van der Waals surface area contributed by atoms with Crippen LogP contribution in [0.25, 0.3) is 39.1 Å². The SMILES string of the molecule is C=Cc1c(F)ccc2cc(O)cc(-c3nnc4c(N5CC6CCC(C5)N6)nc(OC[C@@]56CCCN5C[C@H](F)C6)nc4c3Cl)c12. The molecule has 4 aromatic rings. The second-order valence-electron chi connectivity index (χ2n) is 12.6. The van der Waals surface area contributed by atoms with Gasteiger partial charge in [-0.3, -0.25) is 4.90 Å². The minimum Gasteiger partial charge on any atom is -0.508 e. The summed E-state index contributed by atoms with van der Waals surface area (Å²) >= 11 is 7.11. The first-order chi connectivity index (χ1) is 21.3. The maximum atomic E-state index is 14.9. The van der Waals surface area contributed by atoms with Crippen LogP contribution in [-0.4, -0.2) is 86.8 Å². The monoisotopic (exact) mass is 619 g/mol. The summed E-state index contributed by atoms with van der Waals surface area (Å²) in [5.74, 6) is 0.0955. The number of alkyl halides is 1. The van der Waals surface area contributed by atoms with Crippen LogP contribution in [0.3, 0.4) is 0 Å². The standard InChI is InChI=1S/C32H32ClF2N7O2/c1-2-22-24(35)7-4-17-10-21(43)11-23(25(17)22)27-26(33)28-29(40-39-27)30(41-14-19-5-6-20(15-41)36-19)38-31(37-28)44-16-32-8-3-9-42(32)13-18(34)12-32/h2,4,7,10-11,18-20,36,43H,1,3,5-6,8-9,12-16H2/t18-,19?,20?,32+/m1/s1. The van der Waals surface area contributed by atoms with Crippen molar-refractivity contribution in [3.63, 3.8) is 0 Å². The Morgan fingerprint density at radius 3 is 2.75 bits per heavy atom. The summed E-state index contributed by atoms with van der Waals surface area (Å²) in [5, 5.41) is 24.6. The van der Waals surface area contributed by atoms with E-state index in [1.54, 1.807) is 12.1 Å². The van der Waals surface area contributed by atoms with Gasteiger partial charge in [0.2, 0.25) is 0 Å². The predicted octanol–water partition coefficient (Wildman–Crippen LogP) is 5.28. The number of hydrogen-bond donors (Lipinski definition) is 2. The Labute approximate surface area is 257 Å². The lowest BCUT2D eigenvalue weighted by Crippen LogP contribution is -2.51. The molecule has 228 valence electrons. The molecule has 4 aliphatic rings. The molecule has 4 aliphatic heterocycles. The van der Waals surface area contributed by atoms with Gasteiger partial charge in [-0.1, -0.05) is 30.3 Å². The van der Waals surface area contributed by atoms with Gasteiger partial charge in [0.05, 0.1) is 10.6 Å². The zero-order chi connectivity index (χ0) is 30.2. The highest BCUT2D eigenvalue weighted by molar-refractivity contribution is 6.38. The predicted molar refractivity (Wildman–Crippen MR) is 165 cm³/mol. The molecule has 0 spiro atoms. The van der Waals surface area contributed by atoms with E-state index in [1.165, 1.54) is 18.2 Å². The first-order valence-electron chi connectivity index (χ1n) is 15.2. The van der Waals surface area contributed by atoms with Crippen molar-refractivity contribution in [1.82, 2.24) is 30.4 Å². The van der Waals surface area contributed by atoms with Crippen molar-refractivity contribution in [2.75, 3.05) is 37.7 Å². The fourth-order valence-electron chi connectivity index (χ4n) is 7.84. The highest BCUT2D eigenvalue weighted by Gasteiger charge is 2.49. The Kier molecular flexibility index (Phi) is 6.62. The lowest BCUT2D eigenvalue weighted by Gasteiger charge is -2.34. The minimum absolute atomic E-state index is 0.0288. The summed E-state index contributed by atoms with van der Waals surface area (Å²) in [5.41, 5.74) is 1.30. The molecule has 0 aliphatic carbocycles. The fourth-order valence-corrected chi connectivity index (χ4v) is 8.11. The van der Waals surface area contributed by atoms with Crippen molar-refractivity contribution in [2.45, 2.75) is 55.9 Å². The molecule has 2 bridgehead atoms. The molecule has 0 radical (unpaired) electrons. The molecule has 2 aromatic heterocycles. The Hall–Kier alpha value is -3.67. The lowest BCUT2D eigenvalue weighted by molar-refractivity contribution is 0.107. The van der Waals surface area contributed by atoms with Gasteiger partial charge in [0.1, 0.15) is 35.6 Å². The molecular weight excluding hydrogens is 588 g/mol. The molecule has 4 atom stereocenters. The first kappa shape index (κ1) is 27.8. The van der Waals surface area contributed by atoms with Gasteiger partial charge in [0.25, 0.3) is 0 Å². The number of hydrogen-bond acceptors (Lipinski definition) is 9. The Morgan fingerprint density at radius 2 is 1.95 bits per heavy atom. The molecule has 2 aromatic carbocycles. The summed E-state index contributed by atoms with van der Waals surface area (Å²) in [6.45, 7) is 6.83. The smallest absolute Gasteiger partial charge is 0.319 e. The van der Waals surface area contributed by atoms with Crippen molar-refractivity contribution in [3.05, 3.63) is 47.2 Å². The maximum absolute atomic E-state index is 14.9. The van der Waals surface area contributed by atoms with Crippen molar-refractivity contribution >= 4 is 45.3 Å². The molecule has 0 amide bonds. The third-order valence-corrected chi connectivity index (χ3v) is 10.2. The van der Waals surface area contributed by atoms with Gasteiger partial charge in [0.15, 0.2) is 11.3 Å². The van der Waals surface area contributed by atoms with Gasteiger partial charge >= 0.3 is 6.01 Å². The van der Waals surface area contributed by atoms with Crippen molar-refractivity contribution in [2.24, 2.45) is 0 Å². The summed E-state index contributed by atoms with van der Waals surface area (Å²) in [6.07, 6.45) is 5.01. The quantitative estimate of drug-likeness (QED) is 0.299. The number of aromatic hydroxyl groups is 1. The third-order valence-electron chi connectivity index (χ3n) is 9.81. The largest absolute Gasteiger partial charge is 0.508 e. The number of ether oxygens (including phenoxy) is 1. The first-order valence-corrected chi connectivity index (χ1v) is 15.5. The van der Waals surface area contributed by atoms with E-state index >= 15 is 0 Å². The van der Waals surface area contributed by atoms with Crippen LogP contribution in [0.1, 0.15) is 37.7 Å². The number of piperazine rings is 1. The average molecular weight is 620 g/mol. The summed E-state index contributed by atoms with van der Waals surface area (Å²) < 4.78 is 35.7. The number of nitrogens with one attached hydrogen (secondary N) is 1. The number of phenolic OH excluding ortho intramolecular Hbond substituents is 1. The van der Waals surface area contributed by atoms with Crippen LogP contribution in [0.4, 0.5) is 14.6 Å². The van der Waals surface area contributed by atoms with Crippen LogP contribution in [-0.2, 0) is 0 Å². The zero-order valence-electron chi connectivity index (χ0n) is 24.1. The highest BCUT2D eigenvalue weighted by Crippen LogP contribution is 2.43. The van der Waals surface area contributed by atoms with Crippen LogP contribution < -0.4 is 15.0 Å². The molecule has 9 nitrogen and oxygen atoms in total. The van der Waals surface area contributed by atoms with E-state index in [9.17, 15) is 13.9 Å². The number of rotatable bonds is 6. The second-order valence-corrected chi connectivity index (χ2v) is 12.9. The van der Waals surface area contributed by atoms with Crippen molar-refractivity contribution in [1.29, 1.82) is 0 Å². The number of anilines is 1. The normalized spacial score (nSPS) is 26.5. The Balaban J connectivity index is 1.27. The van der Waals surface area contributed by atoms with E-state index in [1.807, 2.05) is 0 Å². The number of halogens is 3.